The highest BCUT2D eigenvalue weighted by molar-refractivity contribution is 6.33. The summed E-state index contributed by atoms with van der Waals surface area (Å²) >= 11 is 6.39. The van der Waals surface area contributed by atoms with E-state index < -0.39 is 0 Å². The van der Waals surface area contributed by atoms with E-state index in [9.17, 15) is 9.90 Å². The van der Waals surface area contributed by atoms with Gasteiger partial charge in [0.15, 0.2) is 0 Å². The lowest BCUT2D eigenvalue weighted by molar-refractivity contribution is 0.0681. The molecule has 0 radical (unpaired) electrons. The molecule has 0 spiro atoms. The summed E-state index contributed by atoms with van der Waals surface area (Å²) < 4.78 is 0. The number of amides is 1. The van der Waals surface area contributed by atoms with Crippen LogP contribution in [-0.4, -0.2) is 48.2 Å². The van der Waals surface area contributed by atoms with Gasteiger partial charge in [-0.1, -0.05) is 43.4 Å². The number of hydrogen-bond donors (Lipinski definition) is 2. The third kappa shape index (κ3) is 6.21. The first-order valence-corrected chi connectivity index (χ1v) is 12.2. The monoisotopic (exact) mass is 434 g/mol. The van der Waals surface area contributed by atoms with Crippen molar-refractivity contribution in [2.24, 2.45) is 11.3 Å². The van der Waals surface area contributed by atoms with Gasteiger partial charge in [-0.05, 0) is 81.5 Å². The first kappa shape index (κ1) is 23.6. The molecule has 2 saturated carbocycles. The molecular formula is C25H39ClN2O2. The van der Waals surface area contributed by atoms with Gasteiger partial charge >= 0.3 is 0 Å². The predicted octanol–water partition coefficient (Wildman–Crippen LogP) is 5.07. The Bertz CT molecular complexity index is 696. The molecule has 2 aliphatic carbocycles. The van der Waals surface area contributed by atoms with Crippen molar-refractivity contribution < 1.29 is 9.90 Å². The highest BCUT2D eigenvalue weighted by Gasteiger charge is 2.39. The summed E-state index contributed by atoms with van der Waals surface area (Å²) in [5, 5.41) is 13.0. The van der Waals surface area contributed by atoms with Crippen molar-refractivity contribution in [3.05, 3.63) is 34.3 Å². The van der Waals surface area contributed by atoms with Crippen LogP contribution >= 0.6 is 11.6 Å². The number of fused-ring (bicyclic) bond motifs is 2. The molecule has 2 bridgehead atoms. The molecule has 2 fully saturated rings. The lowest BCUT2D eigenvalue weighted by Crippen LogP contribution is -2.43. The molecule has 2 aliphatic rings. The Kier molecular flexibility index (Phi) is 8.62. The van der Waals surface area contributed by atoms with E-state index in [1.165, 1.54) is 44.9 Å². The first-order valence-electron chi connectivity index (χ1n) is 11.8. The second-order valence-corrected chi connectivity index (χ2v) is 10.2. The van der Waals surface area contributed by atoms with Gasteiger partial charge in [0.2, 0.25) is 0 Å². The normalized spacial score (nSPS) is 23.7. The molecule has 0 saturated heterocycles. The second-order valence-electron chi connectivity index (χ2n) is 9.81. The Morgan fingerprint density at radius 2 is 2.00 bits per heavy atom. The standard InChI is InChI=1S/C25H39ClN2O2/c1-19(2)28(14-15-29)13-5-8-20-9-10-23(26)22(16-20)24(30)27-18-25-11-3-6-21(17-25)7-4-12-25/h9-10,16,19,21,29H,3-8,11-15,17-18H2,1-2H3,(H,27,30). The molecule has 2 N–H and O–H groups in total. The van der Waals surface area contributed by atoms with Gasteiger partial charge in [0.1, 0.15) is 0 Å². The highest BCUT2D eigenvalue weighted by Crippen LogP contribution is 2.48. The number of carbonyl (C=O) groups is 1. The molecule has 4 nitrogen and oxygen atoms in total. The molecule has 1 amide bonds. The molecule has 0 aliphatic heterocycles. The molecule has 0 heterocycles. The Labute approximate surface area is 187 Å². The number of carbonyl (C=O) groups excluding carboxylic acids is 1. The van der Waals surface area contributed by atoms with Crippen LogP contribution in [0.2, 0.25) is 5.02 Å². The van der Waals surface area contributed by atoms with E-state index in [-0.39, 0.29) is 12.5 Å². The van der Waals surface area contributed by atoms with Crippen molar-refractivity contribution in [1.29, 1.82) is 0 Å². The topological polar surface area (TPSA) is 52.6 Å². The zero-order valence-corrected chi connectivity index (χ0v) is 19.5. The number of nitrogens with zero attached hydrogens (tertiary/aromatic N) is 1. The smallest absolute Gasteiger partial charge is 0.252 e. The van der Waals surface area contributed by atoms with Crippen LogP contribution in [0, 0.1) is 11.3 Å². The Morgan fingerprint density at radius 1 is 1.27 bits per heavy atom. The molecule has 1 aromatic carbocycles. The minimum absolute atomic E-state index is 0.0343. The number of benzene rings is 1. The van der Waals surface area contributed by atoms with Gasteiger partial charge in [0, 0.05) is 19.1 Å². The average Bonchev–Trinajstić information content (AvgIpc) is 2.72. The van der Waals surface area contributed by atoms with E-state index in [1.54, 1.807) is 0 Å². The van der Waals surface area contributed by atoms with Gasteiger partial charge in [-0.25, -0.2) is 0 Å². The summed E-state index contributed by atoms with van der Waals surface area (Å²) in [6.07, 6.45) is 11.0. The fourth-order valence-corrected chi connectivity index (χ4v) is 5.78. The van der Waals surface area contributed by atoms with Gasteiger partial charge in [0.25, 0.3) is 5.91 Å². The van der Waals surface area contributed by atoms with Gasteiger partial charge in [-0.2, -0.15) is 0 Å². The quantitative estimate of drug-likeness (QED) is 0.540. The maximum Gasteiger partial charge on any atom is 0.252 e. The molecule has 0 atom stereocenters. The van der Waals surface area contributed by atoms with Crippen molar-refractivity contribution in [1.82, 2.24) is 10.2 Å². The minimum Gasteiger partial charge on any atom is -0.395 e. The summed E-state index contributed by atoms with van der Waals surface area (Å²) in [4.78, 5) is 15.2. The molecule has 5 heteroatoms. The van der Waals surface area contributed by atoms with Crippen molar-refractivity contribution in [2.75, 3.05) is 26.2 Å². The van der Waals surface area contributed by atoms with E-state index in [0.717, 1.165) is 37.4 Å². The highest BCUT2D eigenvalue weighted by atomic mass is 35.5. The molecule has 30 heavy (non-hydrogen) atoms. The fourth-order valence-electron chi connectivity index (χ4n) is 5.58. The van der Waals surface area contributed by atoms with E-state index in [0.29, 0.717) is 28.6 Å². The third-order valence-corrected chi connectivity index (χ3v) is 7.62. The van der Waals surface area contributed by atoms with Crippen LogP contribution in [0.25, 0.3) is 0 Å². The molecule has 3 rings (SSSR count). The average molecular weight is 435 g/mol. The lowest BCUT2D eigenvalue weighted by atomic mass is 9.62. The van der Waals surface area contributed by atoms with E-state index >= 15 is 0 Å². The van der Waals surface area contributed by atoms with Crippen LogP contribution in [0.1, 0.15) is 81.1 Å². The van der Waals surface area contributed by atoms with Gasteiger partial charge in [-0.3, -0.25) is 9.69 Å². The number of rotatable bonds is 10. The largest absolute Gasteiger partial charge is 0.395 e. The van der Waals surface area contributed by atoms with Crippen molar-refractivity contribution >= 4 is 17.5 Å². The van der Waals surface area contributed by atoms with E-state index in [2.05, 4.69) is 24.1 Å². The van der Waals surface area contributed by atoms with E-state index in [1.807, 2.05) is 18.2 Å². The Morgan fingerprint density at radius 3 is 2.67 bits per heavy atom. The number of nitrogens with one attached hydrogen (secondary N) is 1. The molecule has 0 unspecified atom stereocenters. The van der Waals surface area contributed by atoms with Crippen molar-refractivity contribution in [3.63, 3.8) is 0 Å². The zero-order chi connectivity index (χ0) is 21.6. The predicted molar refractivity (Wildman–Crippen MR) is 124 cm³/mol. The summed E-state index contributed by atoms with van der Waals surface area (Å²) in [5.74, 6) is 0.834. The lowest BCUT2D eigenvalue weighted by Gasteiger charge is -2.45. The third-order valence-electron chi connectivity index (χ3n) is 7.29. The Balaban J connectivity index is 1.55. The van der Waals surface area contributed by atoms with Gasteiger partial charge < -0.3 is 10.4 Å². The molecule has 168 valence electrons. The number of aryl methyl sites for hydroxylation is 1. The second kappa shape index (κ2) is 11.0. The Hall–Kier alpha value is -1.10. The number of aliphatic hydroxyl groups is 1. The fraction of sp³-hybridized carbons (Fsp3) is 0.720. The van der Waals surface area contributed by atoms with E-state index in [4.69, 9.17) is 11.6 Å². The van der Waals surface area contributed by atoms with Gasteiger partial charge in [0.05, 0.1) is 17.2 Å². The minimum atomic E-state index is -0.0343. The maximum absolute atomic E-state index is 12.9. The van der Waals surface area contributed by atoms with Crippen molar-refractivity contribution in [3.8, 4) is 0 Å². The van der Waals surface area contributed by atoms with Gasteiger partial charge in [-0.15, -0.1) is 0 Å². The number of halogens is 1. The maximum atomic E-state index is 12.9. The summed E-state index contributed by atoms with van der Waals surface area (Å²) in [7, 11) is 0. The zero-order valence-electron chi connectivity index (χ0n) is 18.8. The van der Waals surface area contributed by atoms with Crippen LogP contribution in [0.15, 0.2) is 18.2 Å². The van der Waals surface area contributed by atoms with Crippen LogP contribution in [0.5, 0.6) is 0 Å². The number of hydrogen-bond acceptors (Lipinski definition) is 3. The SMILES string of the molecule is CC(C)N(CCO)CCCc1ccc(Cl)c(C(=O)NCC23CCCC(CCC2)C3)c1. The van der Waals surface area contributed by atoms with Crippen LogP contribution in [0.4, 0.5) is 0 Å². The van der Waals surface area contributed by atoms with Crippen LogP contribution in [0.3, 0.4) is 0 Å². The molecular weight excluding hydrogens is 396 g/mol. The summed E-state index contributed by atoms with van der Waals surface area (Å²) in [5.41, 5.74) is 2.06. The number of aliphatic hydroxyl groups excluding tert-OH is 1. The summed E-state index contributed by atoms with van der Waals surface area (Å²) in [6.45, 7) is 6.92. The van der Waals surface area contributed by atoms with Crippen molar-refractivity contribution in [2.45, 2.75) is 77.7 Å². The first-order chi connectivity index (χ1) is 14.4. The van der Waals surface area contributed by atoms with Crippen LogP contribution < -0.4 is 5.32 Å². The summed E-state index contributed by atoms with van der Waals surface area (Å²) in [6, 6.07) is 6.26. The molecule has 1 aromatic rings. The van der Waals surface area contributed by atoms with Crippen LogP contribution in [-0.2, 0) is 6.42 Å². The molecule has 0 aromatic heterocycles.